The summed E-state index contributed by atoms with van der Waals surface area (Å²) in [6.07, 6.45) is 6.91. The third-order valence-electron chi connectivity index (χ3n) is 3.94. The largest absolute Gasteiger partial charge is 0.467 e. The lowest BCUT2D eigenvalue weighted by Gasteiger charge is -2.35. The zero-order chi connectivity index (χ0) is 12.1. The highest BCUT2D eigenvalue weighted by molar-refractivity contribution is 4.96. The first-order valence-corrected chi connectivity index (χ1v) is 6.67. The van der Waals surface area contributed by atoms with Crippen molar-refractivity contribution in [3.63, 3.8) is 0 Å². The molecule has 1 aromatic rings. The maximum Gasteiger partial charge on any atom is 0.129 e. The van der Waals surface area contributed by atoms with Crippen LogP contribution in [0.3, 0.4) is 0 Å². The SMILES string of the molecule is CCC1CCC(CN)C(OCc2ccco2)C1. The Morgan fingerprint density at radius 3 is 3.00 bits per heavy atom. The third-order valence-corrected chi connectivity index (χ3v) is 3.94. The molecule has 1 aromatic heterocycles. The molecule has 1 aliphatic carbocycles. The van der Waals surface area contributed by atoms with Crippen molar-refractivity contribution in [1.82, 2.24) is 0 Å². The van der Waals surface area contributed by atoms with E-state index in [0.717, 1.165) is 24.6 Å². The molecule has 0 bridgehead atoms. The number of hydrogen-bond acceptors (Lipinski definition) is 3. The Hall–Kier alpha value is -0.800. The van der Waals surface area contributed by atoms with E-state index in [-0.39, 0.29) is 0 Å². The van der Waals surface area contributed by atoms with Crippen LogP contribution in [0.15, 0.2) is 22.8 Å². The second-order valence-corrected chi connectivity index (χ2v) is 5.01. The minimum Gasteiger partial charge on any atom is -0.467 e. The Kier molecular flexibility index (Phi) is 4.63. The van der Waals surface area contributed by atoms with E-state index in [9.17, 15) is 0 Å². The number of furan rings is 1. The molecule has 1 heterocycles. The van der Waals surface area contributed by atoms with Gasteiger partial charge in [0.2, 0.25) is 0 Å². The van der Waals surface area contributed by atoms with Crippen LogP contribution >= 0.6 is 0 Å². The average molecular weight is 237 g/mol. The third kappa shape index (κ3) is 3.33. The summed E-state index contributed by atoms with van der Waals surface area (Å²) < 4.78 is 11.3. The van der Waals surface area contributed by atoms with Crippen LogP contribution < -0.4 is 5.73 Å². The van der Waals surface area contributed by atoms with E-state index in [0.29, 0.717) is 18.6 Å². The minimum absolute atomic E-state index is 0.309. The summed E-state index contributed by atoms with van der Waals surface area (Å²) in [5.74, 6) is 2.23. The first-order valence-electron chi connectivity index (χ1n) is 6.67. The van der Waals surface area contributed by atoms with E-state index in [1.807, 2.05) is 12.1 Å². The van der Waals surface area contributed by atoms with E-state index in [4.69, 9.17) is 14.9 Å². The van der Waals surface area contributed by atoms with Crippen molar-refractivity contribution < 1.29 is 9.15 Å². The molecular formula is C14H23NO2. The molecule has 0 aliphatic heterocycles. The van der Waals surface area contributed by atoms with Crippen molar-refractivity contribution in [3.05, 3.63) is 24.2 Å². The molecule has 3 unspecified atom stereocenters. The summed E-state index contributed by atoms with van der Waals surface area (Å²) >= 11 is 0. The van der Waals surface area contributed by atoms with Gasteiger partial charge in [-0.2, -0.15) is 0 Å². The molecule has 3 atom stereocenters. The lowest BCUT2D eigenvalue weighted by atomic mass is 9.78. The molecule has 1 fully saturated rings. The molecule has 17 heavy (non-hydrogen) atoms. The molecule has 96 valence electrons. The Balaban J connectivity index is 1.86. The smallest absolute Gasteiger partial charge is 0.129 e. The molecule has 0 saturated heterocycles. The second kappa shape index (κ2) is 6.22. The van der Waals surface area contributed by atoms with Gasteiger partial charge in [0, 0.05) is 0 Å². The van der Waals surface area contributed by atoms with Gasteiger partial charge in [-0.1, -0.05) is 13.3 Å². The van der Waals surface area contributed by atoms with E-state index in [2.05, 4.69) is 6.92 Å². The summed E-state index contributed by atoms with van der Waals surface area (Å²) in [7, 11) is 0. The molecule has 3 nitrogen and oxygen atoms in total. The molecule has 2 rings (SSSR count). The van der Waals surface area contributed by atoms with E-state index < -0.39 is 0 Å². The van der Waals surface area contributed by atoms with Gasteiger partial charge in [0.15, 0.2) is 0 Å². The van der Waals surface area contributed by atoms with Crippen LogP contribution in [0.4, 0.5) is 0 Å². The number of ether oxygens (including phenoxy) is 1. The Labute approximate surface area is 103 Å². The Bertz CT molecular complexity index is 310. The summed E-state index contributed by atoms with van der Waals surface area (Å²) in [6.45, 7) is 3.57. The van der Waals surface area contributed by atoms with Crippen LogP contribution in [0.25, 0.3) is 0 Å². The molecule has 1 aliphatic rings. The fourth-order valence-electron chi connectivity index (χ4n) is 2.70. The highest BCUT2D eigenvalue weighted by Gasteiger charge is 2.29. The zero-order valence-corrected chi connectivity index (χ0v) is 10.6. The van der Waals surface area contributed by atoms with Gasteiger partial charge in [-0.25, -0.2) is 0 Å². The summed E-state index contributed by atoms with van der Waals surface area (Å²) in [4.78, 5) is 0. The first-order chi connectivity index (χ1) is 8.33. The molecule has 2 N–H and O–H groups in total. The number of hydrogen-bond donors (Lipinski definition) is 1. The summed E-state index contributed by atoms with van der Waals surface area (Å²) in [5.41, 5.74) is 5.83. The second-order valence-electron chi connectivity index (χ2n) is 5.01. The zero-order valence-electron chi connectivity index (χ0n) is 10.6. The van der Waals surface area contributed by atoms with Crippen molar-refractivity contribution >= 4 is 0 Å². The summed E-state index contributed by atoms with van der Waals surface area (Å²) in [5, 5.41) is 0. The predicted octanol–water partition coefficient (Wildman–Crippen LogP) is 2.95. The fraction of sp³-hybridized carbons (Fsp3) is 0.714. The van der Waals surface area contributed by atoms with Gasteiger partial charge in [0.1, 0.15) is 12.4 Å². The van der Waals surface area contributed by atoms with Crippen LogP contribution in [-0.4, -0.2) is 12.6 Å². The lowest BCUT2D eigenvalue weighted by molar-refractivity contribution is -0.0389. The highest BCUT2D eigenvalue weighted by Crippen LogP contribution is 2.32. The number of rotatable bonds is 5. The maximum absolute atomic E-state index is 5.99. The van der Waals surface area contributed by atoms with Crippen LogP contribution in [-0.2, 0) is 11.3 Å². The van der Waals surface area contributed by atoms with Crippen LogP contribution in [0.1, 0.15) is 38.4 Å². The van der Waals surface area contributed by atoms with Gasteiger partial charge in [-0.05, 0) is 49.8 Å². The molecule has 0 spiro atoms. The Morgan fingerprint density at radius 2 is 2.35 bits per heavy atom. The van der Waals surface area contributed by atoms with Gasteiger partial charge >= 0.3 is 0 Å². The summed E-state index contributed by atoms with van der Waals surface area (Å²) in [6, 6.07) is 3.85. The van der Waals surface area contributed by atoms with Gasteiger partial charge in [0.25, 0.3) is 0 Å². The average Bonchev–Trinajstić information content (AvgIpc) is 2.89. The fourth-order valence-corrected chi connectivity index (χ4v) is 2.70. The van der Waals surface area contributed by atoms with Crippen molar-refractivity contribution in [3.8, 4) is 0 Å². The van der Waals surface area contributed by atoms with Crippen molar-refractivity contribution in [2.45, 2.75) is 45.3 Å². The van der Waals surface area contributed by atoms with Gasteiger partial charge in [-0.3, -0.25) is 0 Å². The van der Waals surface area contributed by atoms with E-state index >= 15 is 0 Å². The Morgan fingerprint density at radius 1 is 1.47 bits per heavy atom. The standard InChI is InChI=1S/C14H23NO2/c1-2-11-5-6-12(9-15)14(8-11)17-10-13-4-3-7-16-13/h3-4,7,11-12,14H,2,5-6,8-10,15H2,1H3. The minimum atomic E-state index is 0.309. The van der Waals surface area contributed by atoms with Gasteiger partial charge in [0.05, 0.1) is 12.4 Å². The molecule has 0 radical (unpaired) electrons. The van der Waals surface area contributed by atoms with Gasteiger partial charge < -0.3 is 14.9 Å². The van der Waals surface area contributed by atoms with E-state index in [1.54, 1.807) is 6.26 Å². The molecular weight excluding hydrogens is 214 g/mol. The van der Waals surface area contributed by atoms with Crippen LogP contribution in [0.5, 0.6) is 0 Å². The van der Waals surface area contributed by atoms with E-state index in [1.165, 1.54) is 19.3 Å². The first kappa shape index (κ1) is 12.7. The predicted molar refractivity (Wildman–Crippen MR) is 67.5 cm³/mol. The quantitative estimate of drug-likeness (QED) is 0.856. The van der Waals surface area contributed by atoms with Crippen molar-refractivity contribution in [2.75, 3.05) is 6.54 Å². The topological polar surface area (TPSA) is 48.4 Å². The lowest BCUT2D eigenvalue weighted by Crippen LogP contribution is -2.36. The van der Waals surface area contributed by atoms with Crippen LogP contribution in [0, 0.1) is 11.8 Å². The van der Waals surface area contributed by atoms with Crippen LogP contribution in [0.2, 0.25) is 0 Å². The normalized spacial score (nSPS) is 29.4. The highest BCUT2D eigenvalue weighted by atomic mass is 16.5. The molecule has 0 amide bonds. The monoisotopic (exact) mass is 237 g/mol. The maximum atomic E-state index is 5.99. The van der Waals surface area contributed by atoms with Crippen molar-refractivity contribution in [1.29, 1.82) is 0 Å². The molecule has 0 aromatic carbocycles. The van der Waals surface area contributed by atoms with Crippen molar-refractivity contribution in [2.24, 2.45) is 17.6 Å². The molecule has 3 heteroatoms. The molecule has 1 saturated carbocycles. The number of nitrogens with two attached hydrogens (primary N) is 1. The van der Waals surface area contributed by atoms with Gasteiger partial charge in [-0.15, -0.1) is 0 Å².